The Morgan fingerprint density at radius 1 is 1.09 bits per heavy atom. The van der Waals surface area contributed by atoms with Crippen LogP contribution in [-0.4, -0.2) is 64.0 Å². The summed E-state index contributed by atoms with van der Waals surface area (Å²) in [6, 6.07) is 8.59. The van der Waals surface area contributed by atoms with Crippen molar-refractivity contribution < 1.29 is 42.1 Å². The van der Waals surface area contributed by atoms with Crippen molar-refractivity contribution in [3.05, 3.63) is 71.7 Å². The standard InChI is InChI=1S/C31H31F3N4O6/c1-16(2)26(37-30(42)43-3)28(39)38-15-21(17-4-5-17)12-24(38)27-35-14-23(36-27)19-8-6-18(7-9-19)22-11-10-20(29(40)41)13-25(22)44-31(32,33)34/h6-14,16-17,24,26H,4-5,15H2,1-3H3,(H,35,36)(H,37,42)(H,40,41)/t24-,26-/m0/s1. The number of aromatic amines is 1. The van der Waals surface area contributed by atoms with Crippen LogP contribution in [0.4, 0.5) is 18.0 Å². The van der Waals surface area contributed by atoms with Crippen molar-refractivity contribution in [2.45, 2.75) is 45.1 Å². The third kappa shape index (κ3) is 6.71. The second-order valence-corrected chi connectivity index (χ2v) is 11.1. The number of hydrogen-bond acceptors (Lipinski definition) is 6. The Balaban J connectivity index is 1.41. The molecule has 0 bridgehead atoms. The Labute approximate surface area is 250 Å². The summed E-state index contributed by atoms with van der Waals surface area (Å²) >= 11 is 0. The number of nitrogens with one attached hydrogen (secondary N) is 2. The first kappa shape index (κ1) is 30.6. The van der Waals surface area contributed by atoms with Crippen molar-refractivity contribution in [2.24, 2.45) is 11.8 Å². The number of ether oxygens (including phenoxy) is 2. The molecule has 0 unspecified atom stereocenters. The summed E-state index contributed by atoms with van der Waals surface area (Å²) in [5.74, 6) is -1.51. The molecular weight excluding hydrogens is 581 g/mol. The van der Waals surface area contributed by atoms with Gasteiger partial charge in [-0.15, -0.1) is 13.2 Å². The maximum absolute atomic E-state index is 13.7. The lowest BCUT2D eigenvalue weighted by Gasteiger charge is -2.30. The molecule has 10 nitrogen and oxygen atoms in total. The average Bonchev–Trinajstić information content (AvgIpc) is 3.53. The Kier molecular flexibility index (Phi) is 8.40. The van der Waals surface area contributed by atoms with E-state index in [0.717, 1.165) is 24.5 Å². The predicted octanol–water partition coefficient (Wildman–Crippen LogP) is 5.94. The molecule has 1 saturated carbocycles. The van der Waals surface area contributed by atoms with Gasteiger partial charge in [0.05, 0.1) is 24.6 Å². The number of methoxy groups -OCH3 is 1. The number of hydrogen-bond donors (Lipinski definition) is 3. The molecule has 1 aliphatic heterocycles. The summed E-state index contributed by atoms with van der Waals surface area (Å²) in [6.07, 6.45) is 0.0636. The molecule has 0 spiro atoms. The molecule has 2 atom stereocenters. The van der Waals surface area contributed by atoms with E-state index < -0.39 is 36.3 Å². The van der Waals surface area contributed by atoms with E-state index in [1.807, 2.05) is 19.9 Å². The minimum absolute atomic E-state index is 0.0716. The molecule has 2 amide bonds. The maximum atomic E-state index is 13.7. The zero-order chi connectivity index (χ0) is 31.8. The van der Waals surface area contributed by atoms with Crippen LogP contribution in [0.25, 0.3) is 22.4 Å². The molecule has 0 radical (unpaired) electrons. The number of carbonyl (C=O) groups excluding carboxylic acids is 2. The Hall–Kier alpha value is -4.81. The molecule has 1 fully saturated rings. The van der Waals surface area contributed by atoms with Crippen LogP contribution in [0.15, 0.2) is 60.3 Å². The summed E-state index contributed by atoms with van der Waals surface area (Å²) in [5.41, 5.74) is 2.57. The molecule has 13 heteroatoms. The maximum Gasteiger partial charge on any atom is 0.573 e. The number of halogens is 3. The van der Waals surface area contributed by atoms with Crippen LogP contribution >= 0.6 is 0 Å². The first-order chi connectivity index (χ1) is 20.8. The molecule has 5 rings (SSSR count). The van der Waals surface area contributed by atoms with E-state index in [1.54, 1.807) is 35.4 Å². The van der Waals surface area contributed by atoms with Crippen LogP contribution in [0.5, 0.6) is 5.75 Å². The van der Waals surface area contributed by atoms with Crippen LogP contribution in [-0.2, 0) is 9.53 Å². The molecule has 1 aromatic heterocycles. The first-order valence-corrected chi connectivity index (χ1v) is 14.0. The van der Waals surface area contributed by atoms with E-state index in [1.165, 1.54) is 19.2 Å². The summed E-state index contributed by atoms with van der Waals surface area (Å²) in [6.45, 7) is 4.10. The number of benzene rings is 2. The van der Waals surface area contributed by atoms with E-state index >= 15 is 0 Å². The fourth-order valence-electron chi connectivity index (χ4n) is 5.25. The number of aromatic nitrogens is 2. The number of rotatable bonds is 9. The number of carboxylic acids is 1. The van der Waals surface area contributed by atoms with E-state index in [4.69, 9.17) is 4.74 Å². The number of amides is 2. The van der Waals surface area contributed by atoms with Crippen LogP contribution in [0, 0.1) is 11.8 Å². The molecule has 3 N–H and O–H groups in total. The quantitative estimate of drug-likeness (QED) is 0.255. The number of H-pyrrole nitrogens is 1. The van der Waals surface area contributed by atoms with E-state index in [0.29, 0.717) is 35.1 Å². The molecule has 0 saturated heterocycles. The number of alkyl halides is 3. The lowest BCUT2D eigenvalue weighted by molar-refractivity contribution is -0.274. The summed E-state index contributed by atoms with van der Waals surface area (Å²) in [7, 11) is 1.24. The fraction of sp³-hybridized carbons (Fsp3) is 0.355. The molecular formula is C31H31F3N4O6. The lowest BCUT2D eigenvalue weighted by Crippen LogP contribution is -2.51. The van der Waals surface area contributed by atoms with Crippen molar-refractivity contribution in [3.63, 3.8) is 0 Å². The van der Waals surface area contributed by atoms with Gasteiger partial charge in [-0.2, -0.15) is 0 Å². The largest absolute Gasteiger partial charge is 0.573 e. The van der Waals surface area contributed by atoms with Crippen LogP contribution < -0.4 is 10.1 Å². The summed E-state index contributed by atoms with van der Waals surface area (Å²) < 4.78 is 48.0. The first-order valence-electron chi connectivity index (χ1n) is 14.0. The molecule has 1 aliphatic carbocycles. The number of carboxylic acid groups (broad SMARTS) is 1. The molecule has 3 aromatic rings. The van der Waals surface area contributed by atoms with Crippen LogP contribution in [0.2, 0.25) is 0 Å². The molecule has 2 aromatic carbocycles. The second-order valence-electron chi connectivity index (χ2n) is 11.1. The second kappa shape index (κ2) is 12.1. The van der Waals surface area contributed by atoms with E-state index in [2.05, 4.69) is 20.0 Å². The van der Waals surface area contributed by atoms with Crippen molar-refractivity contribution in [1.29, 1.82) is 0 Å². The molecule has 232 valence electrons. The van der Waals surface area contributed by atoms with Crippen molar-refractivity contribution >= 4 is 18.0 Å². The van der Waals surface area contributed by atoms with Gasteiger partial charge in [-0.1, -0.05) is 44.2 Å². The average molecular weight is 613 g/mol. The number of nitrogens with zero attached hydrogens (tertiary/aromatic N) is 2. The van der Waals surface area contributed by atoms with Gasteiger partial charge >= 0.3 is 18.4 Å². The fourth-order valence-corrected chi connectivity index (χ4v) is 5.25. The Morgan fingerprint density at radius 3 is 2.36 bits per heavy atom. The van der Waals surface area contributed by atoms with Gasteiger partial charge < -0.3 is 29.8 Å². The van der Waals surface area contributed by atoms with Gasteiger partial charge in [0.2, 0.25) is 5.91 Å². The van der Waals surface area contributed by atoms with Gasteiger partial charge in [0.15, 0.2) is 0 Å². The topological polar surface area (TPSA) is 134 Å². The zero-order valence-electron chi connectivity index (χ0n) is 24.1. The molecule has 44 heavy (non-hydrogen) atoms. The van der Waals surface area contributed by atoms with Gasteiger partial charge in [-0.05, 0) is 59.6 Å². The third-order valence-corrected chi connectivity index (χ3v) is 7.67. The minimum atomic E-state index is -5.01. The number of alkyl carbamates (subject to hydrolysis) is 1. The van der Waals surface area contributed by atoms with Crippen LogP contribution in [0.1, 0.15) is 48.9 Å². The zero-order valence-corrected chi connectivity index (χ0v) is 24.1. The summed E-state index contributed by atoms with van der Waals surface area (Å²) in [5, 5.41) is 11.8. The lowest BCUT2D eigenvalue weighted by atomic mass is 10.0. The number of carbonyl (C=O) groups is 3. The van der Waals surface area contributed by atoms with Gasteiger partial charge in [0.25, 0.3) is 0 Å². The number of aromatic carboxylic acids is 1. The van der Waals surface area contributed by atoms with Crippen molar-refractivity contribution in [3.8, 4) is 28.1 Å². The van der Waals surface area contributed by atoms with E-state index in [9.17, 15) is 32.7 Å². The minimum Gasteiger partial charge on any atom is -0.478 e. The van der Waals surface area contributed by atoms with Gasteiger partial charge in [-0.25, -0.2) is 14.6 Å². The van der Waals surface area contributed by atoms with Gasteiger partial charge in [-0.3, -0.25) is 4.79 Å². The Morgan fingerprint density at radius 2 is 1.77 bits per heavy atom. The highest BCUT2D eigenvalue weighted by molar-refractivity contribution is 5.90. The van der Waals surface area contributed by atoms with E-state index in [-0.39, 0.29) is 23.0 Å². The monoisotopic (exact) mass is 612 g/mol. The smallest absolute Gasteiger partial charge is 0.478 e. The highest BCUT2D eigenvalue weighted by Gasteiger charge is 2.41. The highest BCUT2D eigenvalue weighted by Crippen LogP contribution is 2.43. The third-order valence-electron chi connectivity index (χ3n) is 7.67. The SMILES string of the molecule is COC(=O)N[C@H](C(=O)N1CC(C2CC2)=C[C@H]1c1ncc(-c2ccc(-c3ccc(C(=O)O)cc3OC(F)(F)F)cc2)[nH]1)C(C)C. The summed E-state index contributed by atoms with van der Waals surface area (Å²) in [4.78, 5) is 46.5. The molecule has 2 aliphatic rings. The van der Waals surface area contributed by atoms with Gasteiger partial charge in [0.1, 0.15) is 23.7 Å². The van der Waals surface area contributed by atoms with Crippen molar-refractivity contribution in [2.75, 3.05) is 13.7 Å². The highest BCUT2D eigenvalue weighted by atomic mass is 19.4. The number of imidazole rings is 1. The molecule has 2 heterocycles. The van der Waals surface area contributed by atoms with Crippen molar-refractivity contribution in [1.82, 2.24) is 20.2 Å². The Bertz CT molecular complexity index is 1590. The van der Waals surface area contributed by atoms with Gasteiger partial charge in [0, 0.05) is 12.1 Å². The van der Waals surface area contributed by atoms with Crippen LogP contribution in [0.3, 0.4) is 0 Å². The normalized spacial score (nSPS) is 17.3. The predicted molar refractivity (Wildman–Crippen MR) is 153 cm³/mol.